The molecular formula is C19H18O5. The van der Waals surface area contributed by atoms with Crippen LogP contribution in [0.15, 0.2) is 51.7 Å². The van der Waals surface area contributed by atoms with Gasteiger partial charge in [0.1, 0.15) is 22.8 Å². The van der Waals surface area contributed by atoms with Crippen molar-refractivity contribution in [1.29, 1.82) is 0 Å². The number of fused-ring (bicyclic) bond motifs is 1. The number of rotatable bonds is 5. The molecule has 0 spiro atoms. The molecule has 2 aromatic carbocycles. The van der Waals surface area contributed by atoms with Gasteiger partial charge < -0.3 is 19.0 Å². The Balaban J connectivity index is 2.20. The summed E-state index contributed by atoms with van der Waals surface area (Å²) in [5.74, 6) is 1.23. The lowest BCUT2D eigenvalue weighted by atomic mass is 10.0. The molecule has 0 fully saturated rings. The lowest BCUT2D eigenvalue weighted by Gasteiger charge is -2.12. The Morgan fingerprint density at radius 2 is 1.92 bits per heavy atom. The second-order valence-corrected chi connectivity index (χ2v) is 5.37. The molecule has 5 nitrogen and oxygen atoms in total. The van der Waals surface area contributed by atoms with Crippen LogP contribution in [0.2, 0.25) is 0 Å². The van der Waals surface area contributed by atoms with Crippen molar-refractivity contribution < 1.29 is 19.0 Å². The Hall–Kier alpha value is -2.95. The Morgan fingerprint density at radius 1 is 1.08 bits per heavy atom. The average molecular weight is 326 g/mol. The number of methoxy groups -OCH3 is 1. The molecule has 3 aromatic rings. The molecule has 0 amide bonds. The third kappa shape index (κ3) is 3.06. The third-order valence-electron chi connectivity index (χ3n) is 3.66. The van der Waals surface area contributed by atoms with Gasteiger partial charge in [0, 0.05) is 34.7 Å². The van der Waals surface area contributed by atoms with E-state index in [2.05, 4.69) is 0 Å². The third-order valence-corrected chi connectivity index (χ3v) is 3.66. The van der Waals surface area contributed by atoms with Crippen LogP contribution in [0.5, 0.6) is 17.2 Å². The molecule has 0 atom stereocenters. The Morgan fingerprint density at radius 3 is 2.67 bits per heavy atom. The first-order valence-corrected chi connectivity index (χ1v) is 7.70. The van der Waals surface area contributed by atoms with Gasteiger partial charge in [-0.15, -0.1) is 0 Å². The number of aromatic hydroxyl groups is 1. The van der Waals surface area contributed by atoms with Crippen LogP contribution >= 0.6 is 0 Å². The van der Waals surface area contributed by atoms with Crippen molar-refractivity contribution in [3.63, 3.8) is 0 Å². The van der Waals surface area contributed by atoms with Crippen LogP contribution in [0.1, 0.15) is 13.3 Å². The predicted octanol–water partition coefficient (Wildman–Crippen LogP) is 3.96. The number of benzene rings is 2. The Labute approximate surface area is 139 Å². The fourth-order valence-corrected chi connectivity index (χ4v) is 2.58. The molecule has 0 aliphatic heterocycles. The van der Waals surface area contributed by atoms with E-state index in [-0.39, 0.29) is 5.75 Å². The van der Waals surface area contributed by atoms with Gasteiger partial charge in [0.15, 0.2) is 0 Å². The van der Waals surface area contributed by atoms with Gasteiger partial charge in [-0.05, 0) is 30.7 Å². The van der Waals surface area contributed by atoms with Gasteiger partial charge in [-0.3, -0.25) is 0 Å². The lowest BCUT2D eigenvalue weighted by molar-refractivity contribution is 0.317. The maximum atomic E-state index is 12.0. The summed E-state index contributed by atoms with van der Waals surface area (Å²) in [5, 5.41) is 10.4. The van der Waals surface area contributed by atoms with E-state index >= 15 is 0 Å². The van der Waals surface area contributed by atoms with Crippen molar-refractivity contribution in [2.75, 3.05) is 13.7 Å². The molecule has 0 radical (unpaired) electrons. The maximum absolute atomic E-state index is 12.0. The lowest BCUT2D eigenvalue weighted by Crippen LogP contribution is -2.00. The van der Waals surface area contributed by atoms with Gasteiger partial charge in [-0.2, -0.15) is 0 Å². The summed E-state index contributed by atoms with van der Waals surface area (Å²) in [4.78, 5) is 12.0. The van der Waals surface area contributed by atoms with Gasteiger partial charge in [0.25, 0.3) is 0 Å². The highest BCUT2D eigenvalue weighted by Crippen LogP contribution is 2.37. The predicted molar refractivity (Wildman–Crippen MR) is 91.9 cm³/mol. The highest BCUT2D eigenvalue weighted by Gasteiger charge is 2.13. The van der Waals surface area contributed by atoms with Crippen molar-refractivity contribution >= 4 is 11.0 Å². The second-order valence-electron chi connectivity index (χ2n) is 5.37. The summed E-state index contributed by atoms with van der Waals surface area (Å²) in [6, 6.07) is 11.6. The zero-order chi connectivity index (χ0) is 17.1. The van der Waals surface area contributed by atoms with Crippen molar-refractivity contribution in [3.8, 4) is 28.4 Å². The first-order valence-electron chi connectivity index (χ1n) is 7.70. The molecule has 0 unspecified atom stereocenters. The average Bonchev–Trinajstić information content (AvgIpc) is 2.58. The van der Waals surface area contributed by atoms with Crippen LogP contribution in [0.4, 0.5) is 0 Å². The van der Waals surface area contributed by atoms with Gasteiger partial charge in [-0.1, -0.05) is 6.92 Å². The zero-order valence-electron chi connectivity index (χ0n) is 13.5. The van der Waals surface area contributed by atoms with Crippen LogP contribution < -0.4 is 15.1 Å². The molecule has 1 heterocycles. The fraction of sp³-hybridized carbons (Fsp3) is 0.211. The van der Waals surface area contributed by atoms with E-state index in [0.717, 1.165) is 11.8 Å². The van der Waals surface area contributed by atoms with Crippen LogP contribution in [-0.4, -0.2) is 18.8 Å². The minimum absolute atomic E-state index is 0.0955. The quantitative estimate of drug-likeness (QED) is 0.719. The van der Waals surface area contributed by atoms with E-state index in [1.807, 2.05) is 19.1 Å². The van der Waals surface area contributed by atoms with E-state index in [0.29, 0.717) is 34.8 Å². The first-order chi connectivity index (χ1) is 11.6. The molecule has 3 rings (SSSR count). The minimum Gasteiger partial charge on any atom is -0.508 e. The van der Waals surface area contributed by atoms with Gasteiger partial charge >= 0.3 is 5.63 Å². The summed E-state index contributed by atoms with van der Waals surface area (Å²) in [5.41, 5.74) is 1.37. The highest BCUT2D eigenvalue weighted by molar-refractivity contribution is 5.95. The van der Waals surface area contributed by atoms with Gasteiger partial charge in [0.05, 0.1) is 13.7 Å². The monoisotopic (exact) mass is 326 g/mol. The molecule has 0 saturated heterocycles. The van der Waals surface area contributed by atoms with Gasteiger partial charge in [0.2, 0.25) is 0 Å². The van der Waals surface area contributed by atoms with Crippen LogP contribution in [0, 0.1) is 0 Å². The largest absolute Gasteiger partial charge is 0.508 e. The Kier molecular flexibility index (Phi) is 4.42. The standard InChI is InChI=1S/C19H18O5/c1-3-8-23-13-5-7-15-16(11-19(21)24-18(15)10-13)14-6-4-12(20)9-17(14)22-2/h4-7,9-11,20H,3,8H2,1-2H3. The van der Waals surface area contributed by atoms with Gasteiger partial charge in [-0.25, -0.2) is 4.79 Å². The minimum atomic E-state index is -0.458. The molecule has 0 aliphatic carbocycles. The van der Waals surface area contributed by atoms with Crippen LogP contribution in [-0.2, 0) is 0 Å². The number of hydrogen-bond acceptors (Lipinski definition) is 5. The van der Waals surface area contributed by atoms with E-state index in [9.17, 15) is 9.90 Å². The molecular weight excluding hydrogens is 308 g/mol. The SMILES string of the molecule is CCCOc1ccc2c(-c3ccc(O)cc3OC)cc(=O)oc2c1. The number of phenols is 1. The second kappa shape index (κ2) is 6.66. The van der Waals surface area contributed by atoms with E-state index < -0.39 is 5.63 Å². The van der Waals surface area contributed by atoms with E-state index in [1.165, 1.54) is 19.2 Å². The molecule has 0 aliphatic rings. The number of hydrogen-bond donors (Lipinski definition) is 1. The molecule has 24 heavy (non-hydrogen) atoms. The first kappa shape index (κ1) is 15.9. The smallest absolute Gasteiger partial charge is 0.336 e. The molecule has 1 aromatic heterocycles. The maximum Gasteiger partial charge on any atom is 0.336 e. The zero-order valence-corrected chi connectivity index (χ0v) is 13.5. The van der Waals surface area contributed by atoms with Crippen molar-refractivity contribution in [2.45, 2.75) is 13.3 Å². The summed E-state index contributed by atoms with van der Waals surface area (Å²) >= 11 is 0. The van der Waals surface area contributed by atoms with Crippen molar-refractivity contribution in [3.05, 3.63) is 52.9 Å². The van der Waals surface area contributed by atoms with Crippen LogP contribution in [0.25, 0.3) is 22.1 Å². The molecule has 124 valence electrons. The molecule has 1 N–H and O–H groups in total. The normalized spacial score (nSPS) is 10.8. The molecule has 0 bridgehead atoms. The number of ether oxygens (including phenoxy) is 2. The summed E-state index contributed by atoms with van der Waals surface area (Å²) in [6.45, 7) is 2.62. The number of phenolic OH excluding ortho intramolecular Hbond substituents is 1. The summed E-state index contributed by atoms with van der Waals surface area (Å²) in [7, 11) is 1.52. The van der Waals surface area contributed by atoms with Crippen molar-refractivity contribution in [1.82, 2.24) is 0 Å². The van der Waals surface area contributed by atoms with E-state index in [4.69, 9.17) is 13.9 Å². The Bertz CT molecular complexity index is 927. The van der Waals surface area contributed by atoms with E-state index in [1.54, 1.807) is 18.2 Å². The molecule has 0 saturated carbocycles. The topological polar surface area (TPSA) is 68.9 Å². The fourth-order valence-electron chi connectivity index (χ4n) is 2.58. The molecule has 5 heteroatoms. The van der Waals surface area contributed by atoms with Crippen molar-refractivity contribution in [2.24, 2.45) is 0 Å². The van der Waals surface area contributed by atoms with Crippen LogP contribution in [0.3, 0.4) is 0 Å². The highest BCUT2D eigenvalue weighted by atomic mass is 16.5. The summed E-state index contributed by atoms with van der Waals surface area (Å²) < 4.78 is 16.2. The summed E-state index contributed by atoms with van der Waals surface area (Å²) in [6.07, 6.45) is 0.896.